The van der Waals surface area contributed by atoms with Crippen LogP contribution in [0.5, 0.6) is 5.75 Å². The van der Waals surface area contributed by atoms with Crippen LogP contribution in [0.25, 0.3) is 0 Å². The summed E-state index contributed by atoms with van der Waals surface area (Å²) in [4.78, 5) is 0. The topological polar surface area (TPSA) is 21.3 Å². The molecule has 0 unspecified atom stereocenters. The van der Waals surface area contributed by atoms with Gasteiger partial charge in [0.1, 0.15) is 18.2 Å². The lowest BCUT2D eigenvalue weighted by Gasteiger charge is -2.11. The summed E-state index contributed by atoms with van der Waals surface area (Å²) in [5, 5.41) is 3.28. The van der Waals surface area contributed by atoms with Crippen LogP contribution < -0.4 is 10.1 Å². The lowest BCUT2D eigenvalue weighted by atomic mass is 10.3. The summed E-state index contributed by atoms with van der Waals surface area (Å²) in [5.41, 5.74) is 0. The quantitative estimate of drug-likeness (QED) is 0.662. The fraction of sp³-hybridized carbons (Fsp3) is 0.455. The molecular formula is C11H14BrClFNO. The van der Waals surface area contributed by atoms with Gasteiger partial charge in [0.2, 0.25) is 0 Å². The van der Waals surface area contributed by atoms with Gasteiger partial charge < -0.3 is 10.1 Å². The molecular weight excluding hydrogens is 296 g/mol. The maximum absolute atomic E-state index is 13.1. The Labute approximate surface area is 108 Å². The van der Waals surface area contributed by atoms with Crippen molar-refractivity contribution in [3.8, 4) is 5.75 Å². The van der Waals surface area contributed by atoms with E-state index >= 15 is 0 Å². The van der Waals surface area contributed by atoms with E-state index in [0.29, 0.717) is 29.4 Å². The van der Waals surface area contributed by atoms with Gasteiger partial charge in [-0.1, -0.05) is 25.4 Å². The Bertz CT molecular complexity index is 360. The van der Waals surface area contributed by atoms with Crippen LogP contribution in [0.3, 0.4) is 0 Å². The summed E-state index contributed by atoms with van der Waals surface area (Å²) >= 11 is 8.88. The summed E-state index contributed by atoms with van der Waals surface area (Å²) in [7, 11) is 0. The first-order chi connectivity index (χ1) is 7.50. The fourth-order valence-electron chi connectivity index (χ4n) is 1.12. The number of ether oxygens (including phenoxy) is 1. The molecule has 16 heavy (non-hydrogen) atoms. The Morgan fingerprint density at radius 3 is 2.81 bits per heavy atom. The highest BCUT2D eigenvalue weighted by Gasteiger charge is 2.07. The smallest absolute Gasteiger partial charge is 0.145 e. The highest BCUT2D eigenvalue weighted by atomic mass is 79.9. The van der Waals surface area contributed by atoms with Crippen LogP contribution in [0.1, 0.15) is 13.8 Å². The summed E-state index contributed by atoms with van der Waals surface area (Å²) in [6.07, 6.45) is 0. The lowest BCUT2D eigenvalue weighted by Crippen LogP contribution is -2.27. The van der Waals surface area contributed by atoms with Crippen molar-refractivity contribution in [1.82, 2.24) is 5.32 Å². The fourth-order valence-corrected chi connectivity index (χ4v) is 1.88. The van der Waals surface area contributed by atoms with Crippen molar-refractivity contribution in [2.45, 2.75) is 19.9 Å². The van der Waals surface area contributed by atoms with Gasteiger partial charge in [-0.2, -0.15) is 0 Å². The zero-order valence-electron chi connectivity index (χ0n) is 9.19. The molecule has 0 aliphatic carbocycles. The Morgan fingerprint density at radius 1 is 1.50 bits per heavy atom. The van der Waals surface area contributed by atoms with E-state index in [1.54, 1.807) is 0 Å². The van der Waals surface area contributed by atoms with E-state index in [1.165, 1.54) is 12.1 Å². The number of hydrogen-bond acceptors (Lipinski definition) is 2. The van der Waals surface area contributed by atoms with E-state index in [1.807, 2.05) is 0 Å². The van der Waals surface area contributed by atoms with E-state index in [-0.39, 0.29) is 5.02 Å². The molecule has 5 heteroatoms. The second-order valence-electron chi connectivity index (χ2n) is 3.65. The molecule has 2 nitrogen and oxygen atoms in total. The average molecular weight is 311 g/mol. The van der Waals surface area contributed by atoms with Crippen molar-refractivity contribution < 1.29 is 9.13 Å². The molecule has 0 atom stereocenters. The van der Waals surface area contributed by atoms with Crippen molar-refractivity contribution in [2.75, 3.05) is 13.2 Å². The van der Waals surface area contributed by atoms with Crippen molar-refractivity contribution in [1.29, 1.82) is 0 Å². The molecule has 1 N–H and O–H groups in total. The highest BCUT2D eigenvalue weighted by Crippen LogP contribution is 2.30. The first-order valence-corrected chi connectivity index (χ1v) is 6.18. The molecule has 0 saturated heterocycles. The first kappa shape index (κ1) is 13.7. The molecule has 1 aromatic carbocycles. The maximum Gasteiger partial charge on any atom is 0.145 e. The van der Waals surface area contributed by atoms with Gasteiger partial charge >= 0.3 is 0 Å². The van der Waals surface area contributed by atoms with Crippen molar-refractivity contribution in [2.24, 2.45) is 0 Å². The third-order valence-electron chi connectivity index (χ3n) is 1.89. The van der Waals surface area contributed by atoms with E-state index < -0.39 is 5.82 Å². The largest absolute Gasteiger partial charge is 0.491 e. The molecule has 1 aromatic rings. The molecule has 0 amide bonds. The van der Waals surface area contributed by atoms with E-state index in [4.69, 9.17) is 16.3 Å². The van der Waals surface area contributed by atoms with Gasteiger partial charge in [-0.05, 0) is 22.0 Å². The van der Waals surface area contributed by atoms with Crippen LogP contribution in [-0.4, -0.2) is 19.2 Å². The van der Waals surface area contributed by atoms with Gasteiger partial charge in [-0.25, -0.2) is 4.39 Å². The van der Waals surface area contributed by atoms with Gasteiger partial charge in [-0.3, -0.25) is 0 Å². The Kier molecular flexibility index (Phi) is 5.52. The summed E-state index contributed by atoms with van der Waals surface area (Å²) in [6, 6.07) is 3.18. The van der Waals surface area contributed by atoms with Crippen LogP contribution in [-0.2, 0) is 0 Å². The van der Waals surface area contributed by atoms with Gasteiger partial charge in [0, 0.05) is 18.7 Å². The van der Waals surface area contributed by atoms with E-state index in [2.05, 4.69) is 35.1 Å². The second-order valence-corrected chi connectivity index (χ2v) is 4.92. The Balaban J connectivity index is 2.51. The number of benzene rings is 1. The maximum atomic E-state index is 13.1. The molecule has 0 aromatic heterocycles. The summed E-state index contributed by atoms with van der Waals surface area (Å²) in [6.45, 7) is 5.31. The molecule has 0 spiro atoms. The number of nitrogens with one attached hydrogen (secondary N) is 1. The first-order valence-electron chi connectivity index (χ1n) is 5.01. The lowest BCUT2D eigenvalue weighted by molar-refractivity contribution is 0.305. The molecule has 0 aliphatic rings. The number of halogens is 3. The van der Waals surface area contributed by atoms with Crippen LogP contribution in [0.15, 0.2) is 16.6 Å². The van der Waals surface area contributed by atoms with E-state index in [9.17, 15) is 4.39 Å². The van der Waals surface area contributed by atoms with Gasteiger partial charge in [0.15, 0.2) is 0 Å². The molecule has 0 bridgehead atoms. The summed E-state index contributed by atoms with van der Waals surface area (Å²) < 4.78 is 19.2. The Hall–Kier alpha value is -0.320. The van der Waals surface area contributed by atoms with Crippen LogP contribution >= 0.6 is 27.5 Å². The van der Waals surface area contributed by atoms with Gasteiger partial charge in [-0.15, -0.1) is 0 Å². The van der Waals surface area contributed by atoms with Crippen LogP contribution in [0.2, 0.25) is 5.02 Å². The Morgan fingerprint density at radius 2 is 2.19 bits per heavy atom. The molecule has 0 radical (unpaired) electrons. The normalized spacial score (nSPS) is 10.9. The minimum atomic E-state index is -0.475. The molecule has 0 saturated carbocycles. The van der Waals surface area contributed by atoms with Crippen molar-refractivity contribution >= 4 is 27.5 Å². The predicted molar refractivity (Wildman–Crippen MR) is 67.7 cm³/mol. The minimum absolute atomic E-state index is 0.0829. The second kappa shape index (κ2) is 6.42. The third kappa shape index (κ3) is 4.28. The van der Waals surface area contributed by atoms with Crippen LogP contribution in [0.4, 0.5) is 4.39 Å². The molecule has 0 fully saturated rings. The van der Waals surface area contributed by atoms with E-state index in [0.717, 1.165) is 0 Å². The van der Waals surface area contributed by atoms with Gasteiger partial charge in [0.25, 0.3) is 0 Å². The van der Waals surface area contributed by atoms with Crippen LogP contribution in [0, 0.1) is 5.82 Å². The standard InChI is InChI=1S/C11H14BrClFNO/c1-7(2)15-3-4-16-11-6-10(14)9(13)5-8(11)12/h5-7,15H,3-4H2,1-2H3. The monoisotopic (exact) mass is 309 g/mol. The molecule has 90 valence electrons. The van der Waals surface area contributed by atoms with Crippen molar-refractivity contribution in [3.05, 3.63) is 27.4 Å². The SMILES string of the molecule is CC(C)NCCOc1cc(F)c(Cl)cc1Br. The number of rotatable bonds is 5. The minimum Gasteiger partial charge on any atom is -0.491 e. The highest BCUT2D eigenvalue weighted by molar-refractivity contribution is 9.10. The zero-order chi connectivity index (χ0) is 12.1. The summed E-state index contributed by atoms with van der Waals surface area (Å²) in [5.74, 6) is -0.0101. The zero-order valence-corrected chi connectivity index (χ0v) is 11.5. The average Bonchev–Trinajstić information content (AvgIpc) is 2.19. The molecule has 1 rings (SSSR count). The molecule has 0 heterocycles. The van der Waals surface area contributed by atoms with Gasteiger partial charge in [0.05, 0.1) is 9.50 Å². The predicted octanol–water partition coefficient (Wildman–Crippen LogP) is 3.62. The third-order valence-corrected chi connectivity index (χ3v) is 2.80. The molecule has 0 aliphatic heterocycles. The number of hydrogen-bond donors (Lipinski definition) is 1. The van der Waals surface area contributed by atoms with Crippen molar-refractivity contribution in [3.63, 3.8) is 0 Å².